The monoisotopic (exact) mass is 241 g/mol. The molecule has 2 rings (SSSR count). The minimum atomic E-state index is 0.688. The lowest BCUT2D eigenvalue weighted by Gasteiger charge is -2.37. The van der Waals surface area contributed by atoms with Gasteiger partial charge in [-0.15, -0.1) is 0 Å². The quantitative estimate of drug-likeness (QED) is 0.591. The number of rotatable bonds is 2. The molecule has 1 aliphatic carbocycles. The molecule has 4 heteroatoms. The summed E-state index contributed by atoms with van der Waals surface area (Å²) < 4.78 is 0. The molecule has 2 fully saturated rings. The molecule has 0 spiro atoms. The summed E-state index contributed by atoms with van der Waals surface area (Å²) in [5, 5.41) is 4.37. The van der Waals surface area contributed by atoms with Crippen molar-refractivity contribution < 1.29 is 0 Å². The zero-order valence-electron chi connectivity index (χ0n) is 10.4. The molecule has 0 aromatic carbocycles. The largest absolute Gasteiger partial charge is 0.354 e. The highest BCUT2D eigenvalue weighted by Gasteiger charge is 2.24. The van der Waals surface area contributed by atoms with Crippen molar-refractivity contribution in [2.24, 2.45) is 4.99 Å². The molecule has 1 aliphatic heterocycles. The summed E-state index contributed by atoms with van der Waals surface area (Å²) in [4.78, 5) is 6.86. The predicted octanol–water partition coefficient (Wildman–Crippen LogP) is 1.94. The second-order valence-corrected chi connectivity index (χ2v) is 6.07. The van der Waals surface area contributed by atoms with Gasteiger partial charge in [0.05, 0.1) is 0 Å². The van der Waals surface area contributed by atoms with E-state index in [0.29, 0.717) is 6.04 Å². The molecule has 0 bridgehead atoms. The fourth-order valence-electron chi connectivity index (χ4n) is 2.19. The highest BCUT2D eigenvalue weighted by atomic mass is 32.2. The Morgan fingerprint density at radius 2 is 2.31 bits per heavy atom. The van der Waals surface area contributed by atoms with Gasteiger partial charge < -0.3 is 10.2 Å². The summed E-state index contributed by atoms with van der Waals surface area (Å²) in [6.07, 6.45) is 5.28. The zero-order chi connectivity index (χ0) is 11.4. The smallest absolute Gasteiger partial charge is 0.193 e. The zero-order valence-corrected chi connectivity index (χ0v) is 11.2. The van der Waals surface area contributed by atoms with E-state index in [-0.39, 0.29) is 0 Å². The Kier molecular flexibility index (Phi) is 4.38. The van der Waals surface area contributed by atoms with Crippen molar-refractivity contribution in [2.75, 3.05) is 25.9 Å². The molecule has 1 saturated carbocycles. The van der Waals surface area contributed by atoms with E-state index in [0.717, 1.165) is 24.3 Å². The number of thioether (sulfide) groups is 1. The van der Waals surface area contributed by atoms with Gasteiger partial charge in [0, 0.05) is 37.2 Å². The van der Waals surface area contributed by atoms with E-state index in [9.17, 15) is 0 Å². The molecule has 16 heavy (non-hydrogen) atoms. The van der Waals surface area contributed by atoms with Gasteiger partial charge in [0.15, 0.2) is 5.96 Å². The predicted molar refractivity (Wildman–Crippen MR) is 72.2 cm³/mol. The number of guanidine groups is 1. The van der Waals surface area contributed by atoms with E-state index in [2.05, 4.69) is 33.9 Å². The first-order chi connectivity index (χ1) is 7.83. The van der Waals surface area contributed by atoms with E-state index in [1.807, 2.05) is 7.05 Å². The van der Waals surface area contributed by atoms with Gasteiger partial charge in [-0.2, -0.15) is 11.8 Å². The van der Waals surface area contributed by atoms with Gasteiger partial charge in [-0.3, -0.25) is 4.99 Å². The molecule has 0 aromatic rings. The van der Waals surface area contributed by atoms with Crippen LogP contribution in [0.5, 0.6) is 0 Å². The summed E-state index contributed by atoms with van der Waals surface area (Å²) in [6.45, 7) is 4.59. The lowest BCUT2D eigenvalue weighted by molar-refractivity contribution is 0.346. The number of nitrogens with zero attached hydrogens (tertiary/aromatic N) is 2. The van der Waals surface area contributed by atoms with Crippen LogP contribution in [0.25, 0.3) is 0 Å². The Morgan fingerprint density at radius 3 is 2.88 bits per heavy atom. The molecule has 1 atom stereocenters. The third-order valence-electron chi connectivity index (χ3n) is 3.54. The van der Waals surface area contributed by atoms with Crippen molar-refractivity contribution in [3.63, 3.8) is 0 Å². The molecule has 0 amide bonds. The van der Waals surface area contributed by atoms with Crippen LogP contribution in [0.15, 0.2) is 4.99 Å². The van der Waals surface area contributed by atoms with Gasteiger partial charge in [0.25, 0.3) is 0 Å². The Bertz CT molecular complexity index is 251. The fourth-order valence-corrected chi connectivity index (χ4v) is 3.37. The highest BCUT2D eigenvalue weighted by Crippen LogP contribution is 2.22. The molecule has 1 saturated heterocycles. The van der Waals surface area contributed by atoms with Crippen molar-refractivity contribution in [1.29, 1.82) is 0 Å². The maximum atomic E-state index is 4.42. The van der Waals surface area contributed by atoms with Crippen molar-refractivity contribution in [2.45, 2.75) is 43.9 Å². The van der Waals surface area contributed by atoms with Crippen LogP contribution >= 0.6 is 11.8 Å². The summed E-state index contributed by atoms with van der Waals surface area (Å²) in [6, 6.07) is 0.688. The van der Waals surface area contributed by atoms with Crippen LogP contribution in [0.1, 0.15) is 32.6 Å². The van der Waals surface area contributed by atoms with Crippen LogP contribution in [-0.2, 0) is 0 Å². The number of hydrogen-bond acceptors (Lipinski definition) is 2. The number of hydrogen-bond donors (Lipinski definition) is 1. The molecular formula is C12H23N3S. The number of aliphatic imine (C=N–C) groups is 1. The second-order valence-electron chi connectivity index (χ2n) is 4.67. The van der Waals surface area contributed by atoms with Gasteiger partial charge in [0.2, 0.25) is 0 Å². The average Bonchev–Trinajstić information content (AvgIpc) is 2.28. The van der Waals surface area contributed by atoms with Gasteiger partial charge in [-0.05, 0) is 25.7 Å². The lowest BCUT2D eigenvalue weighted by Crippen LogP contribution is -2.52. The third kappa shape index (κ3) is 2.84. The van der Waals surface area contributed by atoms with Gasteiger partial charge in [-0.25, -0.2) is 0 Å². The van der Waals surface area contributed by atoms with Crippen molar-refractivity contribution in [1.82, 2.24) is 10.2 Å². The Balaban J connectivity index is 1.87. The van der Waals surface area contributed by atoms with Crippen LogP contribution in [0.2, 0.25) is 0 Å². The first-order valence-electron chi connectivity index (χ1n) is 6.43. The Morgan fingerprint density at radius 1 is 1.50 bits per heavy atom. The van der Waals surface area contributed by atoms with Gasteiger partial charge in [-0.1, -0.05) is 6.92 Å². The van der Waals surface area contributed by atoms with E-state index < -0.39 is 0 Å². The van der Waals surface area contributed by atoms with Crippen LogP contribution in [0.3, 0.4) is 0 Å². The molecule has 1 unspecified atom stereocenters. The van der Waals surface area contributed by atoms with Crippen LogP contribution in [0, 0.1) is 0 Å². The van der Waals surface area contributed by atoms with Crippen LogP contribution in [0.4, 0.5) is 0 Å². The Labute approximate surface area is 103 Å². The SMILES string of the molecule is CCC1CN(C(=NC)NC2CCC2)CCS1. The molecular weight excluding hydrogens is 218 g/mol. The van der Waals surface area contributed by atoms with Crippen LogP contribution < -0.4 is 5.32 Å². The molecule has 1 N–H and O–H groups in total. The molecule has 92 valence electrons. The molecule has 3 nitrogen and oxygen atoms in total. The summed E-state index contributed by atoms with van der Waals surface area (Å²) in [5.74, 6) is 2.37. The van der Waals surface area contributed by atoms with Crippen molar-refractivity contribution in [3.05, 3.63) is 0 Å². The van der Waals surface area contributed by atoms with Gasteiger partial charge in [0.1, 0.15) is 0 Å². The highest BCUT2D eigenvalue weighted by molar-refractivity contribution is 8.00. The van der Waals surface area contributed by atoms with E-state index in [4.69, 9.17) is 0 Å². The molecule has 0 aromatic heterocycles. The first-order valence-corrected chi connectivity index (χ1v) is 7.48. The minimum Gasteiger partial charge on any atom is -0.354 e. The standard InChI is InChI=1S/C12H23N3S/c1-3-11-9-15(7-8-16-11)12(13-2)14-10-5-4-6-10/h10-11H,3-9H2,1-2H3,(H,13,14). The Hall–Kier alpha value is -0.380. The van der Waals surface area contributed by atoms with E-state index in [1.54, 1.807) is 0 Å². The third-order valence-corrected chi connectivity index (χ3v) is 4.92. The summed E-state index contributed by atoms with van der Waals surface area (Å²) in [5.41, 5.74) is 0. The molecule has 1 heterocycles. The minimum absolute atomic E-state index is 0.688. The lowest BCUT2D eigenvalue weighted by atomic mass is 9.93. The maximum Gasteiger partial charge on any atom is 0.193 e. The van der Waals surface area contributed by atoms with Crippen molar-refractivity contribution >= 4 is 17.7 Å². The van der Waals surface area contributed by atoms with Gasteiger partial charge >= 0.3 is 0 Å². The second kappa shape index (κ2) is 5.80. The molecule has 0 radical (unpaired) electrons. The summed E-state index contributed by atoms with van der Waals surface area (Å²) in [7, 11) is 1.91. The fraction of sp³-hybridized carbons (Fsp3) is 0.917. The summed E-state index contributed by atoms with van der Waals surface area (Å²) >= 11 is 2.11. The number of nitrogens with one attached hydrogen (secondary N) is 1. The van der Waals surface area contributed by atoms with E-state index >= 15 is 0 Å². The molecule has 2 aliphatic rings. The maximum absolute atomic E-state index is 4.42. The average molecular weight is 241 g/mol. The normalized spacial score (nSPS) is 27.8. The topological polar surface area (TPSA) is 27.6 Å². The first kappa shape index (κ1) is 12.1. The van der Waals surface area contributed by atoms with E-state index in [1.165, 1.54) is 31.4 Å². The van der Waals surface area contributed by atoms with Crippen molar-refractivity contribution in [3.8, 4) is 0 Å². The van der Waals surface area contributed by atoms with Crippen LogP contribution in [-0.4, -0.2) is 48.0 Å².